The lowest BCUT2D eigenvalue weighted by molar-refractivity contribution is -0.114. The van der Waals surface area contributed by atoms with E-state index in [0.717, 1.165) is 0 Å². The molecule has 3 amide bonds. The van der Waals surface area contributed by atoms with E-state index in [4.69, 9.17) is 5.11 Å². The number of hydrogen-bond acceptors (Lipinski definition) is 3. The molecule has 4 N–H and O–H groups in total. The predicted molar refractivity (Wildman–Crippen MR) is 94.5 cm³/mol. The molecule has 0 heterocycles. The highest BCUT2D eigenvalue weighted by molar-refractivity contribution is 9.10. The van der Waals surface area contributed by atoms with Crippen LogP contribution in [0, 0.1) is 0 Å². The molecule has 0 fully saturated rings. The van der Waals surface area contributed by atoms with Crippen LogP contribution in [0.2, 0.25) is 0 Å². The van der Waals surface area contributed by atoms with Gasteiger partial charge in [-0.05, 0) is 42.5 Å². The number of rotatable bonds is 4. The van der Waals surface area contributed by atoms with Gasteiger partial charge in [0.25, 0.3) is 5.91 Å². The van der Waals surface area contributed by atoms with Crippen molar-refractivity contribution in [3.63, 3.8) is 0 Å². The van der Waals surface area contributed by atoms with Crippen molar-refractivity contribution in [1.29, 1.82) is 0 Å². The zero-order valence-electron chi connectivity index (χ0n) is 12.6. The van der Waals surface area contributed by atoms with Crippen molar-refractivity contribution in [1.82, 2.24) is 0 Å². The molecule has 0 bridgehead atoms. The van der Waals surface area contributed by atoms with E-state index in [9.17, 15) is 14.4 Å². The summed E-state index contributed by atoms with van der Waals surface area (Å²) in [6.45, 7) is 1.39. The topological polar surface area (TPSA) is 108 Å². The van der Waals surface area contributed by atoms with Crippen molar-refractivity contribution in [2.24, 2.45) is 0 Å². The molecule has 0 atom stereocenters. The van der Waals surface area contributed by atoms with Gasteiger partial charge >= 0.3 is 6.09 Å². The molecule has 0 aromatic heterocycles. The fraction of sp³-hybridized carbons (Fsp3) is 0.0625. The summed E-state index contributed by atoms with van der Waals surface area (Å²) in [5.41, 5.74) is 1.52. The normalized spacial score (nSPS) is 9.92. The maximum absolute atomic E-state index is 12.3. The highest BCUT2D eigenvalue weighted by Gasteiger charge is 2.11. The summed E-state index contributed by atoms with van der Waals surface area (Å²) in [5.74, 6) is -0.610. The minimum atomic E-state index is -1.23. The second-order valence-corrected chi connectivity index (χ2v) is 5.75. The maximum Gasteiger partial charge on any atom is 0.409 e. The van der Waals surface area contributed by atoms with E-state index in [1.54, 1.807) is 36.4 Å². The molecule has 0 radical (unpaired) electrons. The summed E-state index contributed by atoms with van der Waals surface area (Å²) in [4.78, 5) is 34.1. The average Bonchev–Trinajstić information content (AvgIpc) is 2.49. The highest BCUT2D eigenvalue weighted by atomic mass is 79.9. The van der Waals surface area contributed by atoms with E-state index in [1.165, 1.54) is 13.0 Å². The van der Waals surface area contributed by atoms with Gasteiger partial charge in [0.05, 0.1) is 11.4 Å². The van der Waals surface area contributed by atoms with Crippen LogP contribution in [0.15, 0.2) is 46.9 Å². The van der Waals surface area contributed by atoms with Crippen LogP contribution in [-0.4, -0.2) is 23.0 Å². The van der Waals surface area contributed by atoms with Gasteiger partial charge < -0.3 is 15.7 Å². The minimum absolute atomic E-state index is 0.203. The summed E-state index contributed by atoms with van der Waals surface area (Å²) < 4.78 is 0.690. The Bertz CT molecular complexity index is 790. The first kappa shape index (κ1) is 17.5. The number of amides is 3. The molecule has 7 nitrogen and oxygen atoms in total. The third-order valence-corrected chi connectivity index (χ3v) is 3.43. The number of carbonyl (C=O) groups excluding carboxylic acids is 2. The molecule has 124 valence electrons. The Labute approximate surface area is 146 Å². The van der Waals surface area contributed by atoms with Gasteiger partial charge in [0.2, 0.25) is 5.91 Å². The van der Waals surface area contributed by atoms with Crippen LogP contribution in [0.25, 0.3) is 0 Å². The molecule has 8 heteroatoms. The largest absolute Gasteiger partial charge is 0.465 e. The molecule has 0 saturated heterocycles. The molecule has 0 aliphatic rings. The van der Waals surface area contributed by atoms with Crippen molar-refractivity contribution in [3.8, 4) is 0 Å². The summed E-state index contributed by atoms with van der Waals surface area (Å²) in [7, 11) is 0. The second kappa shape index (κ2) is 7.60. The van der Waals surface area contributed by atoms with Crippen molar-refractivity contribution >= 4 is 50.9 Å². The Hall–Kier alpha value is -2.87. The lowest BCUT2D eigenvalue weighted by Crippen LogP contribution is -2.15. The average molecular weight is 392 g/mol. The molecule has 0 spiro atoms. The summed E-state index contributed by atoms with van der Waals surface area (Å²) >= 11 is 3.27. The van der Waals surface area contributed by atoms with Crippen LogP contribution in [0.1, 0.15) is 17.3 Å². The molecule has 0 aliphatic heterocycles. The highest BCUT2D eigenvalue weighted by Crippen LogP contribution is 2.26. The standard InChI is InChI=1S/C16H14BrN3O4/c1-9(21)18-12-5-2-10(3-6-12)15(22)19-14-8-11(17)4-7-13(14)20-16(23)24/h2-8,20H,1H3,(H,18,21)(H,19,22)(H,23,24). The van der Waals surface area contributed by atoms with Gasteiger partial charge in [0.1, 0.15) is 0 Å². The Kier molecular flexibility index (Phi) is 5.54. The molecule has 0 unspecified atom stereocenters. The summed E-state index contributed by atoms with van der Waals surface area (Å²) in [6, 6.07) is 11.1. The molecule has 24 heavy (non-hydrogen) atoms. The fourth-order valence-electron chi connectivity index (χ4n) is 1.95. The van der Waals surface area contributed by atoms with Crippen molar-refractivity contribution < 1.29 is 19.5 Å². The van der Waals surface area contributed by atoms with Crippen molar-refractivity contribution in [2.45, 2.75) is 6.92 Å². The fourth-order valence-corrected chi connectivity index (χ4v) is 2.31. The maximum atomic E-state index is 12.3. The predicted octanol–water partition coefficient (Wildman–Crippen LogP) is 3.75. The number of nitrogens with one attached hydrogen (secondary N) is 3. The van der Waals surface area contributed by atoms with Gasteiger partial charge in [0, 0.05) is 22.6 Å². The Morgan fingerprint density at radius 3 is 2.17 bits per heavy atom. The van der Waals surface area contributed by atoms with Crippen LogP contribution < -0.4 is 16.0 Å². The van der Waals surface area contributed by atoms with Gasteiger partial charge in [-0.15, -0.1) is 0 Å². The van der Waals surface area contributed by atoms with Crippen LogP contribution in [0.3, 0.4) is 0 Å². The van der Waals surface area contributed by atoms with Crippen molar-refractivity contribution in [2.75, 3.05) is 16.0 Å². The van der Waals surface area contributed by atoms with Gasteiger partial charge in [-0.3, -0.25) is 14.9 Å². The van der Waals surface area contributed by atoms with Gasteiger partial charge in [-0.25, -0.2) is 4.79 Å². The summed E-state index contributed by atoms with van der Waals surface area (Å²) in [5, 5.41) is 16.3. The second-order valence-electron chi connectivity index (χ2n) is 4.83. The number of halogens is 1. The minimum Gasteiger partial charge on any atom is -0.465 e. The molecule has 2 aromatic carbocycles. The van der Waals surface area contributed by atoms with Gasteiger partial charge in [-0.2, -0.15) is 0 Å². The smallest absolute Gasteiger partial charge is 0.409 e. The molecular formula is C16H14BrN3O4. The third kappa shape index (κ3) is 4.82. The zero-order valence-corrected chi connectivity index (χ0v) is 14.2. The SMILES string of the molecule is CC(=O)Nc1ccc(C(=O)Nc2cc(Br)ccc2NC(=O)O)cc1. The quantitative estimate of drug-likeness (QED) is 0.636. The monoisotopic (exact) mass is 391 g/mol. The molecule has 0 aliphatic carbocycles. The number of benzene rings is 2. The number of anilines is 3. The first-order valence-corrected chi connectivity index (χ1v) is 7.63. The van der Waals surface area contributed by atoms with E-state index in [-0.39, 0.29) is 11.6 Å². The summed E-state index contributed by atoms with van der Waals surface area (Å²) in [6.07, 6.45) is -1.23. The number of carboxylic acid groups (broad SMARTS) is 1. The Balaban J connectivity index is 2.18. The first-order valence-electron chi connectivity index (χ1n) is 6.83. The van der Waals surface area contributed by atoms with Crippen molar-refractivity contribution in [3.05, 3.63) is 52.5 Å². The van der Waals surface area contributed by atoms with E-state index in [2.05, 4.69) is 31.9 Å². The van der Waals surface area contributed by atoms with Crippen LogP contribution in [0.5, 0.6) is 0 Å². The lowest BCUT2D eigenvalue weighted by Gasteiger charge is -2.12. The van der Waals surface area contributed by atoms with Gasteiger partial charge in [-0.1, -0.05) is 15.9 Å². The molecule has 0 saturated carbocycles. The first-order chi connectivity index (χ1) is 11.3. The Morgan fingerprint density at radius 2 is 1.58 bits per heavy atom. The van der Waals surface area contributed by atoms with Crippen LogP contribution >= 0.6 is 15.9 Å². The number of carbonyl (C=O) groups is 3. The van der Waals surface area contributed by atoms with E-state index < -0.39 is 12.0 Å². The molecule has 2 aromatic rings. The van der Waals surface area contributed by atoms with Gasteiger partial charge in [0.15, 0.2) is 0 Å². The lowest BCUT2D eigenvalue weighted by atomic mass is 10.2. The number of hydrogen-bond donors (Lipinski definition) is 4. The molecular weight excluding hydrogens is 378 g/mol. The van der Waals surface area contributed by atoms with E-state index >= 15 is 0 Å². The third-order valence-electron chi connectivity index (χ3n) is 2.94. The molecule has 2 rings (SSSR count). The zero-order chi connectivity index (χ0) is 17.7. The van der Waals surface area contributed by atoms with Crippen LogP contribution in [0.4, 0.5) is 21.9 Å². The van der Waals surface area contributed by atoms with E-state index in [1.807, 2.05) is 0 Å². The van der Waals surface area contributed by atoms with Crippen LogP contribution in [-0.2, 0) is 4.79 Å². The van der Waals surface area contributed by atoms with E-state index in [0.29, 0.717) is 21.4 Å². The Morgan fingerprint density at radius 1 is 0.917 bits per heavy atom.